The summed E-state index contributed by atoms with van der Waals surface area (Å²) >= 11 is 6.11. The van der Waals surface area contributed by atoms with E-state index in [1.54, 1.807) is 18.2 Å². The van der Waals surface area contributed by atoms with E-state index in [1.807, 2.05) is 6.07 Å². The van der Waals surface area contributed by atoms with Crippen LogP contribution >= 0.6 is 11.6 Å². The first-order valence-corrected chi connectivity index (χ1v) is 9.03. The van der Waals surface area contributed by atoms with E-state index in [-0.39, 0.29) is 22.9 Å². The quantitative estimate of drug-likeness (QED) is 0.285. The summed E-state index contributed by atoms with van der Waals surface area (Å²) in [4.78, 5) is 12.4. The van der Waals surface area contributed by atoms with E-state index in [0.29, 0.717) is 10.6 Å². The van der Waals surface area contributed by atoms with Gasteiger partial charge < -0.3 is 25.8 Å². The van der Waals surface area contributed by atoms with Gasteiger partial charge in [-0.2, -0.15) is 5.10 Å². The Balaban J connectivity index is 1.73. The Bertz CT molecular complexity index is 1060. The predicted octanol–water partition coefficient (Wildman–Crippen LogP) is 0.119. The third kappa shape index (κ3) is 3.50. The van der Waals surface area contributed by atoms with Gasteiger partial charge in [0.05, 0.1) is 12.8 Å². The molecule has 0 bridgehead atoms. The van der Waals surface area contributed by atoms with Crippen LogP contribution in [-0.2, 0) is 4.74 Å². The molecule has 0 saturated carbocycles. The number of aliphatic hydroxyl groups excluding tert-OH is 3. The Morgan fingerprint density at radius 2 is 2.07 bits per heavy atom. The lowest BCUT2D eigenvalue weighted by Crippen LogP contribution is -2.33. The second-order valence-corrected chi connectivity index (χ2v) is 6.76. The minimum Gasteiger partial charge on any atom is -0.394 e. The molecule has 0 spiro atoms. The van der Waals surface area contributed by atoms with Gasteiger partial charge in [-0.15, -0.1) is 0 Å². The molecule has 29 heavy (non-hydrogen) atoms. The van der Waals surface area contributed by atoms with Gasteiger partial charge in [-0.1, -0.05) is 29.8 Å². The van der Waals surface area contributed by atoms with Gasteiger partial charge in [0.15, 0.2) is 23.2 Å². The number of aromatic nitrogens is 4. The highest BCUT2D eigenvalue weighted by atomic mass is 35.5. The first kappa shape index (κ1) is 19.5. The molecule has 4 atom stereocenters. The summed E-state index contributed by atoms with van der Waals surface area (Å²) in [5.74, 6) is 0.268. The van der Waals surface area contributed by atoms with Crippen LogP contribution in [0.25, 0.3) is 11.2 Å². The van der Waals surface area contributed by atoms with E-state index in [4.69, 9.17) is 22.1 Å². The van der Waals surface area contributed by atoms with Crippen LogP contribution in [0.4, 0.5) is 11.8 Å². The monoisotopic (exact) mass is 419 g/mol. The minimum absolute atomic E-state index is 0.124. The number of nitrogens with zero attached hydrogens (tertiary/aromatic N) is 5. The van der Waals surface area contributed by atoms with Crippen LogP contribution in [0, 0.1) is 0 Å². The van der Waals surface area contributed by atoms with Gasteiger partial charge in [-0.3, -0.25) is 4.57 Å². The molecular formula is C17H18ClN7O4. The molecule has 3 heterocycles. The summed E-state index contributed by atoms with van der Waals surface area (Å²) in [6, 6.07) is 7.13. The van der Waals surface area contributed by atoms with Crippen molar-refractivity contribution in [3.8, 4) is 0 Å². The van der Waals surface area contributed by atoms with Crippen molar-refractivity contribution in [2.24, 2.45) is 5.10 Å². The maximum atomic E-state index is 10.4. The van der Waals surface area contributed by atoms with E-state index in [9.17, 15) is 15.3 Å². The van der Waals surface area contributed by atoms with Gasteiger partial charge >= 0.3 is 0 Å². The minimum atomic E-state index is -1.34. The molecule has 0 aliphatic carbocycles. The Morgan fingerprint density at radius 1 is 1.28 bits per heavy atom. The molecule has 11 nitrogen and oxygen atoms in total. The van der Waals surface area contributed by atoms with Crippen molar-refractivity contribution in [1.29, 1.82) is 0 Å². The Morgan fingerprint density at radius 3 is 2.79 bits per heavy atom. The lowest BCUT2D eigenvalue weighted by molar-refractivity contribution is -0.0501. The van der Waals surface area contributed by atoms with E-state index in [0.717, 1.165) is 0 Å². The van der Waals surface area contributed by atoms with Gasteiger partial charge in [-0.25, -0.2) is 20.4 Å². The maximum absolute atomic E-state index is 10.4. The number of benzene rings is 1. The highest BCUT2D eigenvalue weighted by molar-refractivity contribution is 6.33. The molecule has 2 aromatic heterocycles. The third-order valence-electron chi connectivity index (χ3n) is 4.55. The number of fused-ring (bicyclic) bond motifs is 1. The number of imidazole rings is 1. The largest absolute Gasteiger partial charge is 0.394 e. The zero-order valence-electron chi connectivity index (χ0n) is 14.9. The van der Waals surface area contributed by atoms with Crippen molar-refractivity contribution >= 4 is 40.7 Å². The summed E-state index contributed by atoms with van der Waals surface area (Å²) in [5.41, 5.74) is 9.85. The number of hydrogen-bond donors (Lipinski definition) is 5. The average molecular weight is 420 g/mol. The molecule has 1 fully saturated rings. The molecule has 152 valence electrons. The first-order chi connectivity index (χ1) is 14.0. The number of hydrazone groups is 1. The number of nitrogen functional groups attached to an aromatic ring is 1. The topological polar surface area (TPSA) is 164 Å². The summed E-state index contributed by atoms with van der Waals surface area (Å²) in [6.45, 7) is -0.466. The van der Waals surface area contributed by atoms with E-state index in [2.05, 4.69) is 25.5 Å². The number of hydrogen-bond acceptors (Lipinski definition) is 10. The number of rotatable bonds is 5. The second kappa shape index (κ2) is 7.89. The Hall–Kier alpha value is -2.83. The Labute approximate surface area is 169 Å². The standard InChI is InChI=1S/C17H18ClN7O4/c18-9-4-2-1-3-8(9)5-22-24-17-23-11-14(19)20-7-21-15(11)25(17)16-13(28)12(27)10(6-26)29-16/h1-5,7,10,12-13,16,26-28H,6H2,(H,23,24)(H2,19,20,21)/t10-,12+,13+,16+/m0/s1. The van der Waals surface area contributed by atoms with Crippen molar-refractivity contribution < 1.29 is 20.1 Å². The SMILES string of the molecule is Nc1ncnc2c1nc(NN=Cc1ccccc1Cl)n2[C@@H]1O[C@@H](CO)[C@@H](O)[C@H]1O. The molecular weight excluding hydrogens is 402 g/mol. The Kier molecular flexibility index (Phi) is 5.30. The van der Waals surface area contributed by atoms with Gasteiger partial charge in [0.25, 0.3) is 0 Å². The molecule has 0 amide bonds. The van der Waals surface area contributed by atoms with Crippen LogP contribution in [0.1, 0.15) is 11.8 Å². The van der Waals surface area contributed by atoms with Gasteiger partial charge in [-0.05, 0) is 6.07 Å². The molecule has 3 aromatic rings. The predicted molar refractivity (Wildman–Crippen MR) is 105 cm³/mol. The zero-order valence-corrected chi connectivity index (χ0v) is 15.7. The molecule has 0 unspecified atom stereocenters. The van der Waals surface area contributed by atoms with Crippen molar-refractivity contribution in [2.45, 2.75) is 24.5 Å². The molecule has 1 saturated heterocycles. The lowest BCUT2D eigenvalue weighted by atomic mass is 10.1. The lowest BCUT2D eigenvalue weighted by Gasteiger charge is -2.18. The number of aliphatic hydroxyl groups is 3. The number of halogens is 1. The molecule has 1 aromatic carbocycles. The average Bonchev–Trinajstić information content (AvgIpc) is 3.22. The van der Waals surface area contributed by atoms with Crippen molar-refractivity contribution in [1.82, 2.24) is 19.5 Å². The fourth-order valence-electron chi connectivity index (χ4n) is 3.08. The highest BCUT2D eigenvalue weighted by Crippen LogP contribution is 2.35. The molecule has 12 heteroatoms. The molecule has 1 aliphatic rings. The van der Waals surface area contributed by atoms with Crippen LogP contribution in [0.2, 0.25) is 5.02 Å². The maximum Gasteiger partial charge on any atom is 0.228 e. The van der Waals surface area contributed by atoms with Crippen LogP contribution < -0.4 is 11.2 Å². The molecule has 4 rings (SSSR count). The summed E-state index contributed by atoms with van der Waals surface area (Å²) < 4.78 is 7.01. The fourth-order valence-corrected chi connectivity index (χ4v) is 3.26. The second-order valence-electron chi connectivity index (χ2n) is 6.36. The van der Waals surface area contributed by atoms with E-state index in [1.165, 1.54) is 17.1 Å². The molecule has 0 radical (unpaired) electrons. The molecule has 1 aliphatic heterocycles. The van der Waals surface area contributed by atoms with Crippen LogP contribution in [-0.4, -0.2) is 66.0 Å². The van der Waals surface area contributed by atoms with E-state index >= 15 is 0 Å². The smallest absolute Gasteiger partial charge is 0.228 e. The number of nitrogens with one attached hydrogen (secondary N) is 1. The number of anilines is 2. The zero-order chi connectivity index (χ0) is 20.5. The summed E-state index contributed by atoms with van der Waals surface area (Å²) in [5, 5.41) is 34.6. The van der Waals surface area contributed by atoms with Gasteiger partial charge in [0, 0.05) is 10.6 Å². The molecule has 6 N–H and O–H groups in total. The number of ether oxygens (including phenoxy) is 1. The van der Waals surface area contributed by atoms with E-state index < -0.39 is 31.1 Å². The van der Waals surface area contributed by atoms with Gasteiger partial charge in [0.2, 0.25) is 5.95 Å². The normalized spacial score (nSPS) is 24.6. The highest BCUT2D eigenvalue weighted by Gasteiger charge is 2.45. The first-order valence-electron chi connectivity index (χ1n) is 8.65. The van der Waals surface area contributed by atoms with Crippen molar-refractivity contribution in [3.63, 3.8) is 0 Å². The third-order valence-corrected chi connectivity index (χ3v) is 4.89. The number of nitrogens with two attached hydrogens (primary N) is 1. The van der Waals surface area contributed by atoms with Crippen LogP contribution in [0.15, 0.2) is 35.7 Å². The fraction of sp³-hybridized carbons (Fsp3) is 0.294. The summed E-state index contributed by atoms with van der Waals surface area (Å²) in [6.07, 6.45) is -1.94. The van der Waals surface area contributed by atoms with Crippen molar-refractivity contribution in [2.75, 3.05) is 17.8 Å². The summed E-state index contributed by atoms with van der Waals surface area (Å²) in [7, 11) is 0. The van der Waals surface area contributed by atoms with Crippen molar-refractivity contribution in [3.05, 3.63) is 41.2 Å². The van der Waals surface area contributed by atoms with Gasteiger partial charge in [0.1, 0.15) is 24.6 Å². The van der Waals surface area contributed by atoms with Crippen LogP contribution in [0.5, 0.6) is 0 Å². The van der Waals surface area contributed by atoms with Crippen LogP contribution in [0.3, 0.4) is 0 Å².